The van der Waals surface area contributed by atoms with Crippen LogP contribution >= 0.6 is 0 Å². The van der Waals surface area contributed by atoms with E-state index in [0.717, 1.165) is 17.7 Å². The maximum absolute atomic E-state index is 13.3. The van der Waals surface area contributed by atoms with Crippen molar-refractivity contribution in [2.45, 2.75) is 35.3 Å². The lowest BCUT2D eigenvalue weighted by Crippen LogP contribution is -2.54. The first-order chi connectivity index (χ1) is 18.5. The summed E-state index contributed by atoms with van der Waals surface area (Å²) in [4.78, 5) is 28.5. The predicted octanol–water partition coefficient (Wildman–Crippen LogP) is 3.16. The molecule has 10 nitrogen and oxygen atoms in total. The first-order valence-electron chi connectivity index (χ1n) is 12.7. The summed E-state index contributed by atoms with van der Waals surface area (Å²) in [5.74, 6) is -0.512. The summed E-state index contributed by atoms with van der Waals surface area (Å²) in [5.41, 5.74) is 3.94. The van der Waals surface area contributed by atoms with Crippen molar-refractivity contribution in [2.24, 2.45) is 0 Å². The number of benzene rings is 2. The summed E-state index contributed by atoms with van der Waals surface area (Å²) in [6.45, 7) is 0.627. The van der Waals surface area contributed by atoms with Crippen LogP contribution in [0.25, 0.3) is 6.08 Å². The number of hydroxylamine groups is 1. The van der Waals surface area contributed by atoms with E-state index in [9.17, 15) is 23.2 Å². The molecular formula is C28H37N3O7S. The van der Waals surface area contributed by atoms with Gasteiger partial charge < -0.3 is 19.3 Å². The Balaban J connectivity index is 1.59. The molecule has 3 rings (SSSR count). The van der Waals surface area contributed by atoms with Gasteiger partial charge in [-0.3, -0.25) is 14.8 Å². The van der Waals surface area contributed by atoms with Crippen molar-refractivity contribution in [1.29, 1.82) is 0 Å². The lowest BCUT2D eigenvalue weighted by atomic mass is 9.98. The highest BCUT2D eigenvalue weighted by Crippen LogP contribution is 2.35. The molecule has 0 spiro atoms. The molecule has 11 heteroatoms. The second-order valence-electron chi connectivity index (χ2n) is 9.78. The SMILES string of the molecule is CN(C)C(=O)c1cc(N(C)C)ccc1/C=C/CCCOc1ccc(S(=O)(=O)C2(C(=O)NO)CCOCC2)cc1. The zero-order valence-electron chi connectivity index (χ0n) is 22.8. The van der Waals surface area contributed by atoms with Crippen LogP contribution in [0.2, 0.25) is 0 Å². The van der Waals surface area contributed by atoms with Gasteiger partial charge in [-0.1, -0.05) is 18.2 Å². The number of carbonyl (C=O) groups is 2. The lowest BCUT2D eigenvalue weighted by molar-refractivity contribution is -0.134. The largest absolute Gasteiger partial charge is 0.494 e. The van der Waals surface area contributed by atoms with Crippen molar-refractivity contribution < 1.29 is 32.7 Å². The highest BCUT2D eigenvalue weighted by molar-refractivity contribution is 7.93. The van der Waals surface area contributed by atoms with Gasteiger partial charge in [-0.25, -0.2) is 13.9 Å². The third-order valence-electron chi connectivity index (χ3n) is 6.74. The molecule has 0 bridgehead atoms. The van der Waals surface area contributed by atoms with Crippen LogP contribution in [0.4, 0.5) is 5.69 Å². The van der Waals surface area contributed by atoms with Gasteiger partial charge in [0.1, 0.15) is 5.75 Å². The molecule has 39 heavy (non-hydrogen) atoms. The molecule has 2 N–H and O–H groups in total. The smallest absolute Gasteiger partial charge is 0.265 e. The molecule has 0 saturated carbocycles. The van der Waals surface area contributed by atoms with Crippen LogP contribution < -0.4 is 15.1 Å². The van der Waals surface area contributed by atoms with Gasteiger partial charge in [-0.2, -0.15) is 0 Å². The number of sulfone groups is 1. The quantitative estimate of drug-likeness (QED) is 0.244. The first-order valence-corrected chi connectivity index (χ1v) is 14.2. The lowest BCUT2D eigenvalue weighted by Gasteiger charge is -2.34. The highest BCUT2D eigenvalue weighted by Gasteiger charge is 2.52. The zero-order valence-corrected chi connectivity index (χ0v) is 23.7. The molecule has 2 aromatic carbocycles. The van der Waals surface area contributed by atoms with E-state index in [1.54, 1.807) is 31.1 Å². The molecule has 2 amide bonds. The molecule has 0 aliphatic carbocycles. The molecule has 1 saturated heterocycles. The topological polar surface area (TPSA) is 125 Å². The van der Waals surface area contributed by atoms with E-state index in [4.69, 9.17) is 9.47 Å². The molecule has 0 unspecified atom stereocenters. The number of amides is 2. The molecule has 0 radical (unpaired) electrons. The number of nitrogens with one attached hydrogen (secondary N) is 1. The molecule has 1 aliphatic heterocycles. The highest BCUT2D eigenvalue weighted by atomic mass is 32.2. The molecule has 1 fully saturated rings. The molecule has 1 heterocycles. The number of ether oxygens (including phenoxy) is 2. The normalized spacial score (nSPS) is 15.1. The van der Waals surface area contributed by atoms with Crippen LogP contribution in [0, 0.1) is 0 Å². The van der Waals surface area contributed by atoms with Crippen molar-refractivity contribution in [1.82, 2.24) is 10.4 Å². The molecule has 2 aromatic rings. The number of nitrogens with zero attached hydrogens (tertiary/aromatic N) is 2. The van der Waals surface area contributed by atoms with E-state index >= 15 is 0 Å². The Kier molecular flexibility index (Phi) is 10.1. The maximum atomic E-state index is 13.3. The third kappa shape index (κ3) is 6.78. The Hall–Kier alpha value is -3.41. The number of rotatable bonds is 11. The van der Waals surface area contributed by atoms with Gasteiger partial charge in [0.2, 0.25) is 0 Å². The molecule has 1 aliphatic rings. The third-order valence-corrected chi connectivity index (χ3v) is 9.25. The van der Waals surface area contributed by atoms with Crippen molar-refractivity contribution in [3.05, 3.63) is 59.7 Å². The van der Waals surface area contributed by atoms with Crippen LogP contribution in [0.1, 0.15) is 41.6 Å². The van der Waals surface area contributed by atoms with Crippen LogP contribution in [0.3, 0.4) is 0 Å². The van der Waals surface area contributed by atoms with Crippen molar-refractivity contribution in [3.8, 4) is 5.75 Å². The Bertz CT molecular complexity index is 1280. The van der Waals surface area contributed by atoms with Gasteiger partial charge in [0.25, 0.3) is 11.8 Å². The standard InChI is InChI=1S/C28H37N3O7S/c1-30(2)22-10-9-21(25(20-22)26(32)31(3)4)8-6-5-7-17-38-23-11-13-24(14-12-23)39(35,36)28(27(33)29-34)15-18-37-19-16-28/h6,8-14,20,34H,5,7,15-19H2,1-4H3,(H,29,33)/b8-6+. The van der Waals surface area contributed by atoms with Crippen LogP contribution in [0.15, 0.2) is 53.4 Å². The molecular weight excluding hydrogens is 522 g/mol. The Morgan fingerprint density at radius 2 is 1.74 bits per heavy atom. The second kappa shape index (κ2) is 13.1. The minimum absolute atomic E-state index is 0.0216. The van der Waals surface area contributed by atoms with Crippen molar-refractivity contribution >= 4 is 33.4 Å². The van der Waals surface area contributed by atoms with E-state index in [1.165, 1.54) is 17.6 Å². The molecule has 0 aromatic heterocycles. The Morgan fingerprint density at radius 1 is 1.08 bits per heavy atom. The monoisotopic (exact) mass is 559 g/mol. The van der Waals surface area contributed by atoms with Crippen LogP contribution in [-0.4, -0.2) is 83.1 Å². The van der Waals surface area contributed by atoms with E-state index in [0.29, 0.717) is 24.3 Å². The van der Waals surface area contributed by atoms with Crippen molar-refractivity contribution in [3.63, 3.8) is 0 Å². The minimum atomic E-state index is -4.08. The summed E-state index contributed by atoms with van der Waals surface area (Å²) in [6, 6.07) is 11.7. The Labute approximate surface area is 230 Å². The van der Waals surface area contributed by atoms with Gasteiger partial charge in [0.15, 0.2) is 14.6 Å². The summed E-state index contributed by atoms with van der Waals surface area (Å²) in [7, 11) is 3.24. The first kappa shape index (κ1) is 30.1. The average molecular weight is 560 g/mol. The summed E-state index contributed by atoms with van der Waals surface area (Å²) in [6.07, 6.45) is 5.28. The summed E-state index contributed by atoms with van der Waals surface area (Å²) in [5, 5.41) is 9.17. The minimum Gasteiger partial charge on any atom is -0.494 e. The number of allylic oxidation sites excluding steroid dienone is 1. The van der Waals surface area contributed by atoms with E-state index in [-0.39, 0.29) is 36.9 Å². The van der Waals surface area contributed by atoms with E-state index in [1.807, 2.05) is 49.3 Å². The van der Waals surface area contributed by atoms with Gasteiger partial charge in [-0.15, -0.1) is 0 Å². The summed E-state index contributed by atoms with van der Waals surface area (Å²) >= 11 is 0. The zero-order chi connectivity index (χ0) is 28.6. The predicted molar refractivity (Wildman–Crippen MR) is 149 cm³/mol. The van der Waals surface area contributed by atoms with E-state index in [2.05, 4.69) is 0 Å². The van der Waals surface area contributed by atoms with Crippen LogP contribution in [0.5, 0.6) is 5.75 Å². The van der Waals surface area contributed by atoms with Gasteiger partial charge in [0.05, 0.1) is 11.5 Å². The van der Waals surface area contributed by atoms with Gasteiger partial charge in [-0.05, 0) is 67.6 Å². The number of hydrogen-bond acceptors (Lipinski definition) is 8. The fourth-order valence-corrected chi connectivity index (χ4v) is 6.30. The Morgan fingerprint density at radius 3 is 2.33 bits per heavy atom. The fraction of sp³-hybridized carbons (Fsp3) is 0.429. The number of hydrogen-bond donors (Lipinski definition) is 2. The maximum Gasteiger partial charge on any atom is 0.265 e. The average Bonchev–Trinajstić information content (AvgIpc) is 2.94. The van der Waals surface area contributed by atoms with Crippen LogP contribution in [-0.2, 0) is 19.4 Å². The number of carbonyl (C=O) groups excluding carboxylic acids is 2. The summed E-state index contributed by atoms with van der Waals surface area (Å²) < 4.78 is 35.9. The fourth-order valence-electron chi connectivity index (χ4n) is 4.36. The number of anilines is 1. The molecule has 212 valence electrons. The molecule has 0 atom stereocenters. The van der Waals surface area contributed by atoms with Gasteiger partial charge >= 0.3 is 0 Å². The van der Waals surface area contributed by atoms with Gasteiger partial charge in [0, 0.05) is 52.7 Å². The number of unbranched alkanes of at least 4 members (excludes halogenated alkanes) is 1. The van der Waals surface area contributed by atoms with E-state index < -0.39 is 20.5 Å². The second-order valence-corrected chi connectivity index (χ2v) is 12.0. The van der Waals surface area contributed by atoms with Crippen molar-refractivity contribution in [2.75, 3.05) is 52.9 Å².